The van der Waals surface area contributed by atoms with Crippen molar-refractivity contribution >= 4 is 12.1 Å². The monoisotopic (exact) mass is 387 g/mol. The minimum atomic E-state index is -0.130. The van der Waals surface area contributed by atoms with E-state index in [0.717, 1.165) is 24.2 Å². The summed E-state index contributed by atoms with van der Waals surface area (Å²) in [5, 5.41) is 8.72. The van der Waals surface area contributed by atoms with Crippen molar-refractivity contribution in [1.82, 2.24) is 25.8 Å². The number of carbonyl (C=O) groups excluding carboxylic acids is 2. The molecular weight excluding hydrogens is 354 g/mol. The summed E-state index contributed by atoms with van der Waals surface area (Å²) in [6.07, 6.45) is 3.80. The predicted octanol–water partition coefficient (Wildman–Crippen LogP) is 2.27. The van der Waals surface area contributed by atoms with E-state index in [1.165, 1.54) is 19.3 Å². The van der Waals surface area contributed by atoms with E-state index in [0.29, 0.717) is 38.3 Å². The smallest absolute Gasteiger partial charge is 0.317 e. The van der Waals surface area contributed by atoms with E-state index in [2.05, 4.69) is 34.7 Å². The summed E-state index contributed by atoms with van der Waals surface area (Å²) in [7, 11) is 0. The quantitative estimate of drug-likeness (QED) is 0.672. The van der Waals surface area contributed by atoms with Gasteiger partial charge >= 0.3 is 12.1 Å². The molecule has 7 heteroatoms. The van der Waals surface area contributed by atoms with E-state index in [9.17, 15) is 9.59 Å². The zero-order valence-electron chi connectivity index (χ0n) is 17.0. The Morgan fingerprint density at radius 3 is 2.61 bits per heavy atom. The van der Waals surface area contributed by atoms with Crippen LogP contribution < -0.4 is 16.0 Å². The van der Waals surface area contributed by atoms with Crippen molar-refractivity contribution in [3.8, 4) is 0 Å². The molecule has 2 heterocycles. The molecule has 0 radical (unpaired) electrons. The molecule has 1 aromatic rings. The first-order valence-electron chi connectivity index (χ1n) is 10.4. The van der Waals surface area contributed by atoms with Crippen molar-refractivity contribution in [3.63, 3.8) is 0 Å². The summed E-state index contributed by atoms with van der Waals surface area (Å²) < 4.78 is 0. The van der Waals surface area contributed by atoms with Crippen LogP contribution in [0.4, 0.5) is 9.59 Å². The third-order valence-corrected chi connectivity index (χ3v) is 5.77. The Labute approximate surface area is 167 Å². The topological polar surface area (TPSA) is 76.7 Å². The van der Waals surface area contributed by atoms with Crippen molar-refractivity contribution in [2.24, 2.45) is 0 Å². The van der Waals surface area contributed by atoms with Gasteiger partial charge < -0.3 is 20.9 Å². The number of amides is 4. The van der Waals surface area contributed by atoms with Crippen molar-refractivity contribution in [2.45, 2.75) is 58.3 Å². The van der Waals surface area contributed by atoms with Gasteiger partial charge in [-0.25, -0.2) is 9.59 Å². The minimum absolute atomic E-state index is 0.00408. The Morgan fingerprint density at radius 2 is 1.93 bits per heavy atom. The highest BCUT2D eigenvalue weighted by molar-refractivity contribution is 5.76. The fraction of sp³-hybridized carbons (Fsp3) is 0.619. The molecule has 0 aromatic heterocycles. The van der Waals surface area contributed by atoms with Gasteiger partial charge in [0.1, 0.15) is 0 Å². The largest absolute Gasteiger partial charge is 0.337 e. The molecule has 154 valence electrons. The number of likely N-dealkylation sites (tertiary alicyclic amines) is 1. The van der Waals surface area contributed by atoms with Gasteiger partial charge in [0.15, 0.2) is 0 Å². The number of hydrogen-bond donors (Lipinski definition) is 3. The van der Waals surface area contributed by atoms with Gasteiger partial charge in [-0.2, -0.15) is 0 Å². The molecular formula is C21H33N5O2. The summed E-state index contributed by atoms with van der Waals surface area (Å²) in [6, 6.07) is 8.84. The van der Waals surface area contributed by atoms with E-state index >= 15 is 0 Å². The summed E-state index contributed by atoms with van der Waals surface area (Å²) in [5.41, 5.74) is 2.14. The molecule has 28 heavy (non-hydrogen) atoms. The fourth-order valence-corrected chi connectivity index (χ4v) is 4.02. The standard InChI is InChI=1S/C21H33N5O2/c1-16-5-3-4-11-26(16)17(2)13-23-20(27)24-14-18-6-8-19(9-7-18)15-25-12-10-22-21(25)28/h6-9,16-17H,3-5,10-15H2,1-2H3,(H,22,28)(H2,23,24,27). The van der Waals surface area contributed by atoms with E-state index in [1.54, 1.807) is 4.90 Å². The molecule has 2 unspecified atom stereocenters. The molecule has 7 nitrogen and oxygen atoms in total. The number of nitrogens with zero attached hydrogens (tertiary/aromatic N) is 2. The average molecular weight is 388 g/mol. The Bertz CT molecular complexity index is 663. The first-order valence-corrected chi connectivity index (χ1v) is 10.4. The van der Waals surface area contributed by atoms with Crippen LogP contribution in [-0.2, 0) is 13.1 Å². The number of rotatable bonds is 7. The average Bonchev–Trinajstić information content (AvgIpc) is 3.10. The molecule has 2 aliphatic heterocycles. The van der Waals surface area contributed by atoms with Gasteiger partial charge in [0.2, 0.25) is 0 Å². The molecule has 1 aromatic carbocycles. The van der Waals surface area contributed by atoms with Crippen LogP contribution in [0.1, 0.15) is 44.2 Å². The van der Waals surface area contributed by atoms with Crippen LogP contribution in [0.5, 0.6) is 0 Å². The third kappa shape index (κ3) is 5.61. The Morgan fingerprint density at radius 1 is 1.18 bits per heavy atom. The first-order chi connectivity index (χ1) is 13.5. The van der Waals surface area contributed by atoms with Crippen LogP contribution in [0.15, 0.2) is 24.3 Å². The van der Waals surface area contributed by atoms with Crippen molar-refractivity contribution in [2.75, 3.05) is 26.2 Å². The molecule has 3 N–H and O–H groups in total. The van der Waals surface area contributed by atoms with Crippen LogP contribution >= 0.6 is 0 Å². The highest BCUT2D eigenvalue weighted by Crippen LogP contribution is 2.18. The summed E-state index contributed by atoms with van der Waals surface area (Å²) in [4.78, 5) is 28.0. The number of piperidine rings is 1. The van der Waals surface area contributed by atoms with E-state index in [-0.39, 0.29) is 12.1 Å². The maximum absolute atomic E-state index is 12.1. The second-order valence-electron chi connectivity index (χ2n) is 7.97. The van der Waals surface area contributed by atoms with Gasteiger partial charge in [-0.1, -0.05) is 30.7 Å². The van der Waals surface area contributed by atoms with Gasteiger partial charge in [-0.15, -0.1) is 0 Å². The van der Waals surface area contributed by atoms with Crippen molar-refractivity contribution in [3.05, 3.63) is 35.4 Å². The molecule has 3 rings (SSSR count). The summed E-state index contributed by atoms with van der Waals surface area (Å²) in [6.45, 7) is 8.81. The second-order valence-corrected chi connectivity index (χ2v) is 7.97. The van der Waals surface area contributed by atoms with Gasteiger partial charge in [0.05, 0.1) is 0 Å². The summed E-state index contributed by atoms with van der Waals surface area (Å²) in [5.74, 6) is 0. The molecule has 2 fully saturated rings. The maximum atomic E-state index is 12.1. The molecule has 2 saturated heterocycles. The zero-order chi connectivity index (χ0) is 19.9. The van der Waals surface area contributed by atoms with E-state index in [1.807, 2.05) is 24.3 Å². The lowest BCUT2D eigenvalue weighted by molar-refractivity contribution is 0.114. The molecule has 0 bridgehead atoms. The summed E-state index contributed by atoms with van der Waals surface area (Å²) >= 11 is 0. The lowest BCUT2D eigenvalue weighted by atomic mass is 10.0. The van der Waals surface area contributed by atoms with Crippen LogP contribution in [0.25, 0.3) is 0 Å². The maximum Gasteiger partial charge on any atom is 0.317 e. The molecule has 2 atom stereocenters. The van der Waals surface area contributed by atoms with Crippen molar-refractivity contribution < 1.29 is 9.59 Å². The van der Waals surface area contributed by atoms with Gasteiger partial charge in [-0.05, 0) is 44.4 Å². The number of benzene rings is 1. The number of nitrogens with one attached hydrogen (secondary N) is 3. The minimum Gasteiger partial charge on any atom is -0.337 e. The molecule has 0 saturated carbocycles. The number of urea groups is 2. The fourth-order valence-electron chi connectivity index (χ4n) is 4.02. The SMILES string of the molecule is CC1CCCCN1C(C)CNC(=O)NCc1ccc(CN2CCNC2=O)cc1. The van der Waals surface area contributed by atoms with Crippen LogP contribution in [0, 0.1) is 0 Å². The number of carbonyl (C=O) groups is 2. The lowest BCUT2D eigenvalue weighted by Crippen LogP contribution is -2.49. The highest BCUT2D eigenvalue weighted by atomic mass is 16.2. The van der Waals surface area contributed by atoms with Crippen LogP contribution in [0.2, 0.25) is 0 Å². The lowest BCUT2D eigenvalue weighted by Gasteiger charge is -2.38. The van der Waals surface area contributed by atoms with Gasteiger partial charge in [0, 0.05) is 44.8 Å². The van der Waals surface area contributed by atoms with Crippen LogP contribution in [0.3, 0.4) is 0 Å². The molecule has 0 aliphatic carbocycles. The predicted molar refractivity (Wildman–Crippen MR) is 110 cm³/mol. The molecule has 4 amide bonds. The normalized spacial score (nSPS) is 21.3. The number of hydrogen-bond acceptors (Lipinski definition) is 3. The Balaban J connectivity index is 1.37. The second kappa shape index (κ2) is 9.78. The highest BCUT2D eigenvalue weighted by Gasteiger charge is 2.23. The molecule has 2 aliphatic rings. The van der Waals surface area contributed by atoms with E-state index in [4.69, 9.17) is 0 Å². The van der Waals surface area contributed by atoms with Gasteiger partial charge in [-0.3, -0.25) is 4.90 Å². The first kappa shape index (κ1) is 20.5. The van der Waals surface area contributed by atoms with E-state index < -0.39 is 0 Å². The zero-order valence-corrected chi connectivity index (χ0v) is 17.0. The Kier molecular flexibility index (Phi) is 7.14. The Hall–Kier alpha value is -2.28. The van der Waals surface area contributed by atoms with Gasteiger partial charge in [0.25, 0.3) is 0 Å². The third-order valence-electron chi connectivity index (χ3n) is 5.77. The van der Waals surface area contributed by atoms with Crippen molar-refractivity contribution in [1.29, 1.82) is 0 Å². The van der Waals surface area contributed by atoms with Crippen LogP contribution in [-0.4, -0.2) is 60.1 Å². The molecule has 0 spiro atoms.